The number of hydrogen-bond acceptors (Lipinski definition) is 1. The van der Waals surface area contributed by atoms with Crippen LogP contribution >= 0.6 is 0 Å². The lowest BCUT2D eigenvalue weighted by molar-refractivity contribution is 0.768. The highest BCUT2D eigenvalue weighted by Gasteiger charge is 2.46. The summed E-state index contributed by atoms with van der Waals surface area (Å²) in [6.45, 7) is 0. The number of anilines is 3. The van der Waals surface area contributed by atoms with Crippen molar-refractivity contribution >= 4 is 27.8 Å². The molecule has 1 aliphatic rings. The second-order valence-corrected chi connectivity index (χ2v) is 15.6. The van der Waals surface area contributed by atoms with E-state index < -0.39 is 5.41 Å². The van der Waals surface area contributed by atoms with E-state index in [0.29, 0.717) is 0 Å². The van der Waals surface area contributed by atoms with E-state index in [0.717, 1.165) is 17.1 Å². The summed E-state index contributed by atoms with van der Waals surface area (Å²) in [5.74, 6) is 0. The van der Waals surface area contributed by atoms with Crippen molar-refractivity contribution in [1.82, 2.24) is 0 Å². The molecule has 0 heterocycles. The molecule has 0 aliphatic heterocycles. The largest absolute Gasteiger partial charge is 0.310 e. The van der Waals surface area contributed by atoms with Crippen molar-refractivity contribution in [3.8, 4) is 44.5 Å². The minimum atomic E-state index is -0.469. The molecule has 0 radical (unpaired) electrons. The fraction of sp³-hybridized carbons (Fsp3) is 0.0169. The van der Waals surface area contributed by atoms with E-state index in [1.165, 1.54) is 77.5 Å². The highest BCUT2D eigenvalue weighted by Crippen LogP contribution is 2.57. The van der Waals surface area contributed by atoms with E-state index in [-0.39, 0.29) is 0 Å². The van der Waals surface area contributed by atoms with Gasteiger partial charge in [0.15, 0.2) is 0 Å². The van der Waals surface area contributed by atoms with Crippen molar-refractivity contribution in [3.63, 3.8) is 0 Å². The first-order valence-corrected chi connectivity index (χ1v) is 20.8. The topological polar surface area (TPSA) is 3.24 Å². The van der Waals surface area contributed by atoms with Crippen LogP contribution in [0.1, 0.15) is 22.3 Å². The Labute approximate surface area is 352 Å². The van der Waals surface area contributed by atoms with Crippen LogP contribution in [0, 0.1) is 0 Å². The Morgan fingerprint density at radius 1 is 0.283 bits per heavy atom. The monoisotopic (exact) mass is 763 g/mol. The first kappa shape index (κ1) is 35.4. The molecule has 10 aromatic carbocycles. The molecule has 0 saturated heterocycles. The summed E-state index contributed by atoms with van der Waals surface area (Å²) in [4.78, 5) is 2.48. The third-order valence-corrected chi connectivity index (χ3v) is 12.3. The molecule has 0 amide bonds. The highest BCUT2D eigenvalue weighted by molar-refractivity contribution is 6.08. The van der Waals surface area contributed by atoms with Crippen LogP contribution < -0.4 is 4.90 Å². The van der Waals surface area contributed by atoms with Crippen LogP contribution in [0.2, 0.25) is 0 Å². The van der Waals surface area contributed by atoms with E-state index in [1.807, 2.05) is 0 Å². The van der Waals surface area contributed by atoms with Crippen molar-refractivity contribution in [2.24, 2.45) is 0 Å². The van der Waals surface area contributed by atoms with Crippen molar-refractivity contribution in [1.29, 1.82) is 0 Å². The van der Waals surface area contributed by atoms with Crippen LogP contribution in [-0.4, -0.2) is 0 Å². The lowest BCUT2D eigenvalue weighted by atomic mass is 9.68. The van der Waals surface area contributed by atoms with Gasteiger partial charge in [0.05, 0.1) is 11.1 Å². The summed E-state index contributed by atoms with van der Waals surface area (Å²) in [5.41, 5.74) is 17.7. The molecule has 282 valence electrons. The fourth-order valence-corrected chi connectivity index (χ4v) is 9.68. The van der Waals surface area contributed by atoms with Gasteiger partial charge in [0.1, 0.15) is 0 Å². The Morgan fingerprint density at radius 3 is 1.45 bits per heavy atom. The Morgan fingerprint density at radius 2 is 0.767 bits per heavy atom. The average Bonchev–Trinajstić information content (AvgIpc) is 3.63. The Balaban J connectivity index is 1.15. The van der Waals surface area contributed by atoms with Crippen LogP contribution in [0.25, 0.3) is 55.3 Å². The number of nitrogens with zero attached hydrogens (tertiary/aromatic N) is 1. The summed E-state index contributed by atoms with van der Waals surface area (Å²) in [5, 5.41) is 2.40. The Bertz CT molecular complexity index is 3070. The second-order valence-electron chi connectivity index (χ2n) is 15.6. The second kappa shape index (κ2) is 14.9. The highest BCUT2D eigenvalue weighted by atomic mass is 15.1. The van der Waals surface area contributed by atoms with Gasteiger partial charge in [0.25, 0.3) is 0 Å². The van der Waals surface area contributed by atoms with Gasteiger partial charge >= 0.3 is 0 Å². The van der Waals surface area contributed by atoms with Crippen LogP contribution in [0.4, 0.5) is 17.1 Å². The molecule has 0 aromatic heterocycles. The van der Waals surface area contributed by atoms with Gasteiger partial charge in [0.2, 0.25) is 0 Å². The van der Waals surface area contributed by atoms with Crippen LogP contribution in [0.15, 0.2) is 249 Å². The third kappa shape index (κ3) is 5.86. The number of rotatable bonds is 8. The first-order valence-electron chi connectivity index (χ1n) is 20.8. The van der Waals surface area contributed by atoms with Crippen molar-refractivity contribution in [2.75, 3.05) is 4.90 Å². The van der Waals surface area contributed by atoms with Gasteiger partial charge in [-0.25, -0.2) is 0 Å². The van der Waals surface area contributed by atoms with Crippen molar-refractivity contribution < 1.29 is 0 Å². The molecule has 10 aromatic rings. The van der Waals surface area contributed by atoms with E-state index in [1.54, 1.807) is 0 Å². The van der Waals surface area contributed by atoms with E-state index >= 15 is 0 Å². The molecule has 0 spiro atoms. The molecule has 11 rings (SSSR count). The molecule has 0 bridgehead atoms. The minimum absolute atomic E-state index is 0.469. The lowest BCUT2D eigenvalue weighted by Gasteiger charge is -2.34. The van der Waals surface area contributed by atoms with Crippen LogP contribution in [-0.2, 0) is 5.41 Å². The number of fused-ring (bicyclic) bond motifs is 4. The van der Waals surface area contributed by atoms with Gasteiger partial charge in [-0.15, -0.1) is 0 Å². The zero-order valence-corrected chi connectivity index (χ0v) is 33.1. The average molecular weight is 764 g/mol. The van der Waals surface area contributed by atoms with Gasteiger partial charge in [-0.2, -0.15) is 0 Å². The quantitative estimate of drug-likeness (QED) is 0.149. The molecule has 1 aliphatic carbocycles. The molecule has 0 fully saturated rings. The summed E-state index contributed by atoms with van der Waals surface area (Å²) >= 11 is 0. The van der Waals surface area contributed by atoms with Gasteiger partial charge in [-0.1, -0.05) is 218 Å². The molecule has 1 heteroatoms. The lowest BCUT2D eigenvalue weighted by Crippen LogP contribution is -2.28. The van der Waals surface area contributed by atoms with Gasteiger partial charge < -0.3 is 4.90 Å². The van der Waals surface area contributed by atoms with Gasteiger partial charge in [-0.3, -0.25) is 0 Å². The van der Waals surface area contributed by atoms with E-state index in [4.69, 9.17) is 0 Å². The van der Waals surface area contributed by atoms with Crippen LogP contribution in [0.3, 0.4) is 0 Å². The predicted molar refractivity (Wildman–Crippen MR) is 252 cm³/mol. The van der Waals surface area contributed by atoms with Crippen molar-refractivity contribution in [3.05, 3.63) is 271 Å². The molecule has 60 heavy (non-hydrogen) atoms. The smallest absolute Gasteiger partial charge is 0.0713 e. The zero-order valence-electron chi connectivity index (χ0n) is 33.1. The number of benzene rings is 10. The first-order chi connectivity index (χ1) is 29.8. The SMILES string of the molecule is c1ccc(-c2ccc(-c3cccc4cccc(N(c5cccc(-c6ccccc6)c5)c5ccc6c(c5)-c5ccccc5C6(c5ccccc5)c5ccccc5)c34)cc2)cc1. The summed E-state index contributed by atoms with van der Waals surface area (Å²) in [6, 6.07) is 91.0. The fourth-order valence-electron chi connectivity index (χ4n) is 9.68. The molecule has 0 N–H and O–H groups in total. The molecule has 0 saturated carbocycles. The summed E-state index contributed by atoms with van der Waals surface area (Å²) < 4.78 is 0. The molecular weight excluding hydrogens is 723 g/mol. The molecule has 1 nitrogen and oxygen atoms in total. The van der Waals surface area contributed by atoms with Crippen molar-refractivity contribution in [2.45, 2.75) is 5.41 Å². The van der Waals surface area contributed by atoms with Crippen LogP contribution in [0.5, 0.6) is 0 Å². The van der Waals surface area contributed by atoms with E-state index in [2.05, 4.69) is 254 Å². The molecule has 0 unspecified atom stereocenters. The maximum Gasteiger partial charge on any atom is 0.0713 e. The third-order valence-electron chi connectivity index (χ3n) is 12.3. The predicted octanol–water partition coefficient (Wildman–Crippen LogP) is 15.7. The maximum atomic E-state index is 2.48. The summed E-state index contributed by atoms with van der Waals surface area (Å²) in [6.07, 6.45) is 0. The zero-order chi connectivity index (χ0) is 39.9. The Kier molecular flexibility index (Phi) is 8.79. The minimum Gasteiger partial charge on any atom is -0.310 e. The van der Waals surface area contributed by atoms with Gasteiger partial charge in [-0.05, 0) is 102 Å². The Hall–Kier alpha value is -7.74. The normalized spacial score (nSPS) is 12.5. The standard InChI is InChI=1S/C59H41N/c1-5-18-42(19-6-1)44-34-36-45(37-35-44)52-31-16-22-46-23-17-33-57(58(46)52)60(50-29-15-24-47(40-50)43-20-7-2-8-21-43)51-38-39-56-54(41-51)53-30-13-14-32-55(53)59(56,48-25-9-3-10-26-48)49-27-11-4-12-28-49/h1-41H. The molecular formula is C59H41N. The maximum absolute atomic E-state index is 2.48. The molecule has 0 atom stereocenters. The van der Waals surface area contributed by atoms with E-state index in [9.17, 15) is 0 Å². The van der Waals surface area contributed by atoms with Gasteiger partial charge in [0, 0.05) is 16.8 Å². The summed E-state index contributed by atoms with van der Waals surface area (Å²) in [7, 11) is 0. The number of hydrogen-bond donors (Lipinski definition) is 0.